The van der Waals surface area contributed by atoms with Crippen molar-refractivity contribution in [1.29, 1.82) is 0 Å². The van der Waals surface area contributed by atoms with Crippen molar-refractivity contribution in [2.24, 2.45) is 0 Å². The third-order valence-corrected chi connectivity index (χ3v) is 4.71. The van der Waals surface area contributed by atoms with Crippen LogP contribution >= 0.6 is 35.0 Å². The molecule has 0 aliphatic heterocycles. The molecule has 0 saturated carbocycles. The minimum Gasteiger partial charge on any atom is -0.351 e. The van der Waals surface area contributed by atoms with Gasteiger partial charge in [0.05, 0.1) is 0 Å². The van der Waals surface area contributed by atoms with E-state index >= 15 is 0 Å². The Balaban J connectivity index is 1.71. The molecular weight excluding hydrogens is 337 g/mol. The van der Waals surface area contributed by atoms with E-state index in [-0.39, 0.29) is 5.91 Å². The second kappa shape index (κ2) is 8.47. The van der Waals surface area contributed by atoms with Crippen LogP contribution in [0.25, 0.3) is 0 Å². The number of nitrogens with one attached hydrogen (secondary N) is 1. The highest BCUT2D eigenvalue weighted by atomic mass is 35.5. The largest absolute Gasteiger partial charge is 0.351 e. The van der Waals surface area contributed by atoms with Crippen molar-refractivity contribution >= 4 is 40.9 Å². The van der Waals surface area contributed by atoms with Gasteiger partial charge in [0, 0.05) is 33.7 Å². The molecule has 0 heterocycles. The first kappa shape index (κ1) is 17.2. The molecule has 0 bridgehead atoms. The third-order valence-electron chi connectivity index (χ3n) is 3.12. The average Bonchev–Trinajstić information content (AvgIpc) is 2.49. The predicted molar refractivity (Wildman–Crippen MR) is 96.1 cm³/mol. The number of hydrogen-bond donors (Lipinski definition) is 1. The highest BCUT2D eigenvalue weighted by Gasteiger charge is 2.05. The first-order valence-corrected chi connectivity index (χ1v) is 8.84. The predicted octanol–water partition coefficient (Wildman–Crippen LogP) is 4.97. The van der Waals surface area contributed by atoms with Gasteiger partial charge in [0.1, 0.15) is 0 Å². The van der Waals surface area contributed by atoms with E-state index in [4.69, 9.17) is 23.2 Å². The SMILES string of the molecule is Cc1ccc(C(=O)NCCSCc2ccc(Cl)cc2Cl)cc1. The summed E-state index contributed by atoms with van der Waals surface area (Å²) in [5, 5.41) is 4.24. The topological polar surface area (TPSA) is 29.1 Å². The molecule has 0 fully saturated rings. The molecule has 2 aromatic carbocycles. The van der Waals surface area contributed by atoms with Crippen LogP contribution in [0.15, 0.2) is 42.5 Å². The number of carbonyl (C=O) groups excluding carboxylic acids is 1. The van der Waals surface area contributed by atoms with Crippen molar-refractivity contribution < 1.29 is 4.79 Å². The zero-order valence-corrected chi connectivity index (χ0v) is 14.6. The number of hydrogen-bond acceptors (Lipinski definition) is 2. The van der Waals surface area contributed by atoms with Crippen LogP contribution in [0.2, 0.25) is 10.0 Å². The van der Waals surface area contributed by atoms with Crippen molar-refractivity contribution in [1.82, 2.24) is 5.32 Å². The molecule has 0 radical (unpaired) electrons. The monoisotopic (exact) mass is 353 g/mol. The van der Waals surface area contributed by atoms with Crippen molar-refractivity contribution in [2.45, 2.75) is 12.7 Å². The number of rotatable bonds is 6. The maximum atomic E-state index is 11.9. The highest BCUT2D eigenvalue weighted by molar-refractivity contribution is 7.98. The molecule has 116 valence electrons. The van der Waals surface area contributed by atoms with Gasteiger partial charge < -0.3 is 5.32 Å². The molecule has 0 atom stereocenters. The summed E-state index contributed by atoms with van der Waals surface area (Å²) in [6.07, 6.45) is 0. The molecule has 2 nitrogen and oxygen atoms in total. The lowest BCUT2D eigenvalue weighted by Gasteiger charge is -2.07. The van der Waals surface area contributed by atoms with Crippen LogP contribution in [0, 0.1) is 6.92 Å². The summed E-state index contributed by atoms with van der Waals surface area (Å²) in [6, 6.07) is 13.1. The molecule has 0 saturated heterocycles. The van der Waals surface area contributed by atoms with Gasteiger partial charge in [0.15, 0.2) is 0 Å². The smallest absolute Gasteiger partial charge is 0.251 e. The lowest BCUT2D eigenvalue weighted by atomic mass is 10.1. The number of thioether (sulfide) groups is 1. The summed E-state index contributed by atoms with van der Waals surface area (Å²) < 4.78 is 0. The number of amides is 1. The van der Waals surface area contributed by atoms with Crippen LogP contribution in [0.3, 0.4) is 0 Å². The van der Waals surface area contributed by atoms with Crippen LogP contribution in [-0.4, -0.2) is 18.2 Å². The van der Waals surface area contributed by atoms with Crippen molar-refractivity contribution in [3.8, 4) is 0 Å². The number of halogens is 2. The van der Waals surface area contributed by atoms with Crippen LogP contribution in [-0.2, 0) is 5.75 Å². The Hall–Kier alpha value is -1.16. The number of benzene rings is 2. The van der Waals surface area contributed by atoms with Gasteiger partial charge in [0.25, 0.3) is 5.91 Å². The Labute approximate surface area is 145 Å². The zero-order valence-electron chi connectivity index (χ0n) is 12.2. The maximum absolute atomic E-state index is 11.9. The van der Waals surface area contributed by atoms with Gasteiger partial charge in [0.2, 0.25) is 0 Å². The Kier molecular flexibility index (Phi) is 6.62. The first-order chi connectivity index (χ1) is 10.6. The van der Waals surface area contributed by atoms with Crippen molar-refractivity contribution in [3.05, 3.63) is 69.2 Å². The van der Waals surface area contributed by atoms with Gasteiger partial charge >= 0.3 is 0 Å². The molecule has 2 rings (SSSR count). The fourth-order valence-corrected chi connectivity index (χ4v) is 3.28. The minimum atomic E-state index is -0.0369. The molecule has 0 aromatic heterocycles. The fourth-order valence-electron chi connectivity index (χ4n) is 1.86. The van der Waals surface area contributed by atoms with E-state index in [1.807, 2.05) is 43.3 Å². The van der Waals surface area contributed by atoms with Crippen molar-refractivity contribution in [2.75, 3.05) is 12.3 Å². The average molecular weight is 354 g/mol. The Morgan fingerprint density at radius 2 is 1.86 bits per heavy atom. The van der Waals surface area contributed by atoms with E-state index in [1.54, 1.807) is 17.8 Å². The molecule has 0 unspecified atom stereocenters. The molecule has 0 spiro atoms. The van der Waals surface area contributed by atoms with Gasteiger partial charge in [-0.1, -0.05) is 47.0 Å². The summed E-state index contributed by atoms with van der Waals surface area (Å²) in [5.41, 5.74) is 2.89. The Morgan fingerprint density at radius 3 is 2.55 bits per heavy atom. The molecule has 5 heteroatoms. The minimum absolute atomic E-state index is 0.0369. The number of aryl methyl sites for hydroxylation is 1. The van der Waals surface area contributed by atoms with Gasteiger partial charge in [-0.05, 0) is 36.8 Å². The van der Waals surface area contributed by atoms with Gasteiger partial charge in [-0.2, -0.15) is 11.8 Å². The number of carbonyl (C=O) groups is 1. The van der Waals surface area contributed by atoms with E-state index < -0.39 is 0 Å². The molecular formula is C17H17Cl2NOS. The lowest BCUT2D eigenvalue weighted by molar-refractivity contribution is 0.0956. The Bertz CT molecular complexity index is 644. The summed E-state index contributed by atoms with van der Waals surface area (Å²) >= 11 is 13.7. The maximum Gasteiger partial charge on any atom is 0.251 e. The van der Waals surface area contributed by atoms with E-state index in [9.17, 15) is 4.79 Å². The third kappa shape index (κ3) is 5.24. The first-order valence-electron chi connectivity index (χ1n) is 6.93. The van der Waals surface area contributed by atoms with E-state index in [0.717, 1.165) is 22.6 Å². The van der Waals surface area contributed by atoms with Crippen LogP contribution < -0.4 is 5.32 Å². The summed E-state index contributed by atoms with van der Waals surface area (Å²) in [5.74, 6) is 1.59. The molecule has 22 heavy (non-hydrogen) atoms. The second-order valence-corrected chi connectivity index (χ2v) is 6.86. The van der Waals surface area contributed by atoms with Gasteiger partial charge in [-0.25, -0.2) is 0 Å². The molecule has 0 aliphatic rings. The summed E-state index contributed by atoms with van der Waals surface area (Å²) in [4.78, 5) is 11.9. The summed E-state index contributed by atoms with van der Waals surface area (Å²) in [7, 11) is 0. The van der Waals surface area contributed by atoms with Gasteiger partial charge in [-0.3, -0.25) is 4.79 Å². The zero-order chi connectivity index (χ0) is 15.9. The van der Waals surface area contributed by atoms with E-state index in [0.29, 0.717) is 22.2 Å². The molecule has 0 aliphatic carbocycles. The lowest BCUT2D eigenvalue weighted by Crippen LogP contribution is -2.25. The molecule has 1 amide bonds. The van der Waals surface area contributed by atoms with Crippen molar-refractivity contribution in [3.63, 3.8) is 0 Å². The Morgan fingerprint density at radius 1 is 1.14 bits per heavy atom. The van der Waals surface area contributed by atoms with E-state index in [2.05, 4.69) is 5.32 Å². The highest BCUT2D eigenvalue weighted by Crippen LogP contribution is 2.24. The van der Waals surface area contributed by atoms with Crippen LogP contribution in [0.4, 0.5) is 0 Å². The summed E-state index contributed by atoms with van der Waals surface area (Å²) in [6.45, 7) is 2.63. The van der Waals surface area contributed by atoms with Crippen LogP contribution in [0.5, 0.6) is 0 Å². The fraction of sp³-hybridized carbons (Fsp3) is 0.235. The molecule has 1 N–H and O–H groups in total. The van der Waals surface area contributed by atoms with E-state index in [1.165, 1.54) is 0 Å². The van der Waals surface area contributed by atoms with Crippen LogP contribution in [0.1, 0.15) is 21.5 Å². The quantitative estimate of drug-likeness (QED) is 0.743. The normalized spacial score (nSPS) is 10.5. The molecule has 2 aromatic rings. The standard InChI is InChI=1S/C17H17Cl2NOS/c1-12-2-4-13(5-3-12)17(21)20-8-9-22-11-14-6-7-15(18)10-16(14)19/h2-7,10H,8-9,11H2,1H3,(H,20,21). The second-order valence-electron chi connectivity index (χ2n) is 4.91. The van der Waals surface area contributed by atoms with Gasteiger partial charge in [-0.15, -0.1) is 0 Å².